The van der Waals surface area contributed by atoms with E-state index in [2.05, 4.69) is 10.3 Å². The SMILES string of the molecule is COc1nccc(Cl)c1OC1CCNCC1. The minimum Gasteiger partial charge on any atom is -0.483 e. The molecule has 88 valence electrons. The number of halogens is 1. The van der Waals surface area contributed by atoms with Gasteiger partial charge in [-0.25, -0.2) is 4.98 Å². The van der Waals surface area contributed by atoms with Crippen LogP contribution in [0.4, 0.5) is 0 Å². The predicted molar refractivity (Wildman–Crippen MR) is 62.3 cm³/mol. The molecule has 0 atom stereocenters. The van der Waals surface area contributed by atoms with E-state index < -0.39 is 0 Å². The predicted octanol–water partition coefficient (Wildman–Crippen LogP) is 1.87. The van der Waals surface area contributed by atoms with Crippen LogP contribution in [0.5, 0.6) is 11.6 Å². The van der Waals surface area contributed by atoms with Crippen LogP contribution < -0.4 is 14.8 Å². The quantitative estimate of drug-likeness (QED) is 0.879. The fourth-order valence-electron chi connectivity index (χ4n) is 1.74. The third-order valence-corrected chi connectivity index (χ3v) is 2.89. The highest BCUT2D eigenvalue weighted by molar-refractivity contribution is 6.32. The number of aromatic nitrogens is 1. The summed E-state index contributed by atoms with van der Waals surface area (Å²) < 4.78 is 11.0. The van der Waals surface area contributed by atoms with E-state index in [1.54, 1.807) is 19.4 Å². The van der Waals surface area contributed by atoms with Gasteiger partial charge in [0, 0.05) is 6.20 Å². The van der Waals surface area contributed by atoms with E-state index in [9.17, 15) is 0 Å². The van der Waals surface area contributed by atoms with Gasteiger partial charge in [0.15, 0.2) is 0 Å². The molecule has 2 heterocycles. The first-order valence-corrected chi connectivity index (χ1v) is 5.75. The lowest BCUT2D eigenvalue weighted by Gasteiger charge is -2.24. The highest BCUT2D eigenvalue weighted by atomic mass is 35.5. The van der Waals surface area contributed by atoms with Gasteiger partial charge >= 0.3 is 0 Å². The minimum atomic E-state index is 0.192. The molecule has 4 nitrogen and oxygen atoms in total. The van der Waals surface area contributed by atoms with Crippen LogP contribution in [0, 0.1) is 0 Å². The number of methoxy groups -OCH3 is 1. The van der Waals surface area contributed by atoms with Crippen LogP contribution in [-0.2, 0) is 0 Å². The van der Waals surface area contributed by atoms with E-state index in [-0.39, 0.29) is 6.10 Å². The third kappa shape index (κ3) is 2.57. The van der Waals surface area contributed by atoms with Gasteiger partial charge in [-0.05, 0) is 32.0 Å². The van der Waals surface area contributed by atoms with E-state index >= 15 is 0 Å². The molecule has 0 aromatic carbocycles. The molecule has 0 saturated carbocycles. The standard InChI is InChI=1S/C11H15ClN2O2/c1-15-11-10(9(12)4-7-14-11)16-8-2-5-13-6-3-8/h4,7-8,13H,2-3,5-6H2,1H3. The Morgan fingerprint density at radius 1 is 1.44 bits per heavy atom. The first-order valence-electron chi connectivity index (χ1n) is 5.37. The molecule has 1 saturated heterocycles. The van der Waals surface area contributed by atoms with Crippen LogP contribution in [0.15, 0.2) is 12.3 Å². The lowest BCUT2D eigenvalue weighted by atomic mass is 10.1. The molecule has 0 spiro atoms. The van der Waals surface area contributed by atoms with Crippen LogP contribution in [0.1, 0.15) is 12.8 Å². The average molecular weight is 243 g/mol. The van der Waals surface area contributed by atoms with Crippen molar-refractivity contribution in [2.45, 2.75) is 18.9 Å². The van der Waals surface area contributed by atoms with Gasteiger partial charge in [0.2, 0.25) is 5.75 Å². The fourth-order valence-corrected chi connectivity index (χ4v) is 1.92. The molecule has 16 heavy (non-hydrogen) atoms. The molecule has 2 rings (SSSR count). The minimum absolute atomic E-state index is 0.192. The molecule has 0 bridgehead atoms. The van der Waals surface area contributed by atoms with Crippen molar-refractivity contribution >= 4 is 11.6 Å². The zero-order valence-electron chi connectivity index (χ0n) is 9.20. The lowest BCUT2D eigenvalue weighted by molar-refractivity contribution is 0.155. The van der Waals surface area contributed by atoms with Gasteiger partial charge in [0.05, 0.1) is 12.1 Å². The number of piperidine rings is 1. The normalized spacial score (nSPS) is 17.1. The van der Waals surface area contributed by atoms with Gasteiger partial charge in [-0.1, -0.05) is 11.6 Å². The monoisotopic (exact) mass is 242 g/mol. The van der Waals surface area contributed by atoms with Crippen LogP contribution in [0.25, 0.3) is 0 Å². The fraction of sp³-hybridized carbons (Fsp3) is 0.545. The second-order valence-electron chi connectivity index (χ2n) is 3.70. The van der Waals surface area contributed by atoms with Crippen molar-refractivity contribution in [3.63, 3.8) is 0 Å². The number of nitrogens with one attached hydrogen (secondary N) is 1. The first-order chi connectivity index (χ1) is 7.81. The topological polar surface area (TPSA) is 43.4 Å². The maximum absolute atomic E-state index is 6.07. The second-order valence-corrected chi connectivity index (χ2v) is 4.11. The molecule has 0 radical (unpaired) electrons. The highest BCUT2D eigenvalue weighted by Gasteiger charge is 2.19. The number of nitrogens with zero attached hydrogens (tertiary/aromatic N) is 1. The molecule has 1 N–H and O–H groups in total. The number of pyridine rings is 1. The zero-order chi connectivity index (χ0) is 11.4. The molecule has 1 aromatic rings. The summed E-state index contributed by atoms with van der Waals surface area (Å²) in [5.74, 6) is 1.00. The van der Waals surface area contributed by atoms with Crippen LogP contribution in [0.2, 0.25) is 5.02 Å². The molecule has 0 amide bonds. The smallest absolute Gasteiger partial charge is 0.258 e. The number of rotatable bonds is 3. The van der Waals surface area contributed by atoms with Crippen molar-refractivity contribution in [3.8, 4) is 11.6 Å². The van der Waals surface area contributed by atoms with Crippen molar-refractivity contribution in [2.24, 2.45) is 0 Å². The summed E-state index contributed by atoms with van der Waals surface area (Å²) in [6.07, 6.45) is 3.76. The molecule has 0 aliphatic carbocycles. The summed E-state index contributed by atoms with van der Waals surface area (Å²) >= 11 is 6.07. The Kier molecular flexibility index (Phi) is 3.85. The Balaban J connectivity index is 2.12. The van der Waals surface area contributed by atoms with Crippen LogP contribution >= 0.6 is 11.6 Å². The summed E-state index contributed by atoms with van der Waals surface area (Å²) in [7, 11) is 1.56. The maximum Gasteiger partial charge on any atom is 0.258 e. The van der Waals surface area contributed by atoms with E-state index in [0.29, 0.717) is 16.7 Å². The number of hydrogen-bond acceptors (Lipinski definition) is 4. The Labute approximate surface area is 99.9 Å². The van der Waals surface area contributed by atoms with Crippen molar-refractivity contribution < 1.29 is 9.47 Å². The van der Waals surface area contributed by atoms with Crippen molar-refractivity contribution in [1.82, 2.24) is 10.3 Å². The summed E-state index contributed by atoms with van der Waals surface area (Å²) in [4.78, 5) is 4.08. The zero-order valence-corrected chi connectivity index (χ0v) is 9.96. The first kappa shape index (κ1) is 11.5. The number of ether oxygens (including phenoxy) is 2. The van der Waals surface area contributed by atoms with Crippen LogP contribution in [0.3, 0.4) is 0 Å². The lowest BCUT2D eigenvalue weighted by Crippen LogP contribution is -2.34. The molecule has 1 aliphatic heterocycles. The van der Waals surface area contributed by atoms with Gasteiger partial charge in [-0.3, -0.25) is 0 Å². The molecular weight excluding hydrogens is 228 g/mol. The molecule has 5 heteroatoms. The van der Waals surface area contributed by atoms with E-state index in [0.717, 1.165) is 25.9 Å². The molecule has 1 aliphatic rings. The van der Waals surface area contributed by atoms with Gasteiger partial charge in [0.1, 0.15) is 6.10 Å². The maximum atomic E-state index is 6.07. The van der Waals surface area contributed by atoms with Gasteiger partial charge in [-0.15, -0.1) is 0 Å². The number of hydrogen-bond donors (Lipinski definition) is 1. The molecule has 1 aromatic heterocycles. The Morgan fingerprint density at radius 2 is 2.19 bits per heavy atom. The average Bonchev–Trinajstić information content (AvgIpc) is 2.33. The van der Waals surface area contributed by atoms with Crippen molar-refractivity contribution in [3.05, 3.63) is 17.3 Å². The van der Waals surface area contributed by atoms with Gasteiger partial charge in [-0.2, -0.15) is 0 Å². The molecule has 1 fully saturated rings. The second kappa shape index (κ2) is 5.37. The largest absolute Gasteiger partial charge is 0.483 e. The Bertz CT molecular complexity index is 354. The summed E-state index contributed by atoms with van der Waals surface area (Å²) in [5, 5.41) is 3.83. The Hall–Kier alpha value is -1.00. The van der Waals surface area contributed by atoms with Gasteiger partial charge < -0.3 is 14.8 Å². The third-order valence-electron chi connectivity index (χ3n) is 2.59. The summed E-state index contributed by atoms with van der Waals surface area (Å²) in [6, 6.07) is 1.71. The van der Waals surface area contributed by atoms with E-state index in [1.807, 2.05) is 0 Å². The molecule has 0 unspecified atom stereocenters. The summed E-state index contributed by atoms with van der Waals surface area (Å²) in [5.41, 5.74) is 0. The van der Waals surface area contributed by atoms with Crippen molar-refractivity contribution in [2.75, 3.05) is 20.2 Å². The van der Waals surface area contributed by atoms with Crippen molar-refractivity contribution in [1.29, 1.82) is 0 Å². The molecular formula is C11H15ClN2O2. The van der Waals surface area contributed by atoms with Gasteiger partial charge in [0.25, 0.3) is 5.88 Å². The van der Waals surface area contributed by atoms with E-state index in [1.165, 1.54) is 0 Å². The summed E-state index contributed by atoms with van der Waals surface area (Å²) in [6.45, 7) is 1.95. The van der Waals surface area contributed by atoms with E-state index in [4.69, 9.17) is 21.1 Å². The Morgan fingerprint density at radius 3 is 2.88 bits per heavy atom. The highest BCUT2D eigenvalue weighted by Crippen LogP contribution is 2.34. The van der Waals surface area contributed by atoms with Crippen LogP contribution in [-0.4, -0.2) is 31.3 Å².